The number of aryl methyl sites for hydroxylation is 2. The van der Waals surface area contributed by atoms with E-state index in [4.69, 9.17) is 0 Å². The molecule has 2 aromatic carbocycles. The standard InChI is InChI=1S/C20H21N5O5S2/c1-12-5-8-15(9-6-12)19-22-23-20(31-19)21-18(26)14(3)24(32(4,29)30)17-11-16(25(27)28)10-7-13(17)2/h5-11,14H,1-4H3,(H,21,23,26). The minimum absolute atomic E-state index is 0.0574. The number of hydrogen-bond donors (Lipinski definition) is 1. The van der Waals surface area contributed by atoms with E-state index in [1.807, 2.05) is 31.2 Å². The molecule has 1 amide bonds. The molecule has 1 N–H and O–H groups in total. The Labute approximate surface area is 189 Å². The third kappa shape index (κ3) is 5.08. The third-order valence-corrected chi connectivity index (χ3v) is 6.80. The summed E-state index contributed by atoms with van der Waals surface area (Å²) in [6.07, 6.45) is 0.940. The first-order valence-electron chi connectivity index (χ1n) is 9.43. The van der Waals surface area contributed by atoms with Crippen LogP contribution >= 0.6 is 11.3 Å². The van der Waals surface area contributed by atoms with Gasteiger partial charge in [0.1, 0.15) is 11.0 Å². The summed E-state index contributed by atoms with van der Waals surface area (Å²) >= 11 is 1.15. The summed E-state index contributed by atoms with van der Waals surface area (Å²) in [7, 11) is -3.94. The van der Waals surface area contributed by atoms with Crippen LogP contribution in [-0.2, 0) is 14.8 Å². The Morgan fingerprint density at radius 3 is 2.41 bits per heavy atom. The second kappa shape index (κ2) is 9.01. The summed E-state index contributed by atoms with van der Waals surface area (Å²) in [5.41, 5.74) is 2.18. The normalized spacial score (nSPS) is 12.2. The number of benzene rings is 2. The minimum atomic E-state index is -3.94. The lowest BCUT2D eigenvalue weighted by Gasteiger charge is -2.29. The molecule has 0 fully saturated rings. The summed E-state index contributed by atoms with van der Waals surface area (Å²) in [4.78, 5) is 23.4. The SMILES string of the molecule is Cc1ccc(-c2nnc(NC(=O)C(C)N(c3cc([N+](=O)[O-])ccc3C)S(C)(=O)=O)s2)cc1. The predicted molar refractivity (Wildman–Crippen MR) is 123 cm³/mol. The zero-order valence-corrected chi connectivity index (χ0v) is 19.4. The fourth-order valence-electron chi connectivity index (χ4n) is 3.03. The zero-order valence-electron chi connectivity index (χ0n) is 17.8. The van der Waals surface area contributed by atoms with Crippen molar-refractivity contribution in [1.82, 2.24) is 10.2 Å². The van der Waals surface area contributed by atoms with Crippen LogP contribution < -0.4 is 9.62 Å². The van der Waals surface area contributed by atoms with E-state index in [2.05, 4.69) is 15.5 Å². The number of nitro benzene ring substituents is 1. The molecule has 1 aromatic heterocycles. The first-order valence-corrected chi connectivity index (χ1v) is 12.1. The summed E-state index contributed by atoms with van der Waals surface area (Å²) in [5.74, 6) is -0.645. The van der Waals surface area contributed by atoms with Crippen LogP contribution in [-0.4, -0.2) is 41.7 Å². The molecular formula is C20H21N5O5S2. The van der Waals surface area contributed by atoms with Crippen LogP contribution in [0.25, 0.3) is 10.6 Å². The van der Waals surface area contributed by atoms with Crippen molar-refractivity contribution < 1.29 is 18.1 Å². The lowest BCUT2D eigenvalue weighted by molar-refractivity contribution is -0.384. The highest BCUT2D eigenvalue weighted by Crippen LogP contribution is 2.30. The highest BCUT2D eigenvalue weighted by molar-refractivity contribution is 7.92. The number of hydrogen-bond acceptors (Lipinski definition) is 8. The van der Waals surface area contributed by atoms with Gasteiger partial charge in [-0.3, -0.25) is 24.5 Å². The summed E-state index contributed by atoms with van der Waals surface area (Å²) in [6, 6.07) is 10.3. The van der Waals surface area contributed by atoms with Crippen LogP contribution in [0.2, 0.25) is 0 Å². The zero-order chi connectivity index (χ0) is 23.6. The molecule has 12 heteroatoms. The summed E-state index contributed by atoms with van der Waals surface area (Å²) in [5, 5.41) is 22.6. The number of non-ortho nitro benzene ring substituents is 1. The molecule has 32 heavy (non-hydrogen) atoms. The fraction of sp³-hybridized carbons (Fsp3) is 0.250. The van der Waals surface area contributed by atoms with E-state index in [1.165, 1.54) is 19.1 Å². The third-order valence-electron chi connectivity index (χ3n) is 4.68. The number of nitrogens with zero attached hydrogens (tertiary/aromatic N) is 4. The van der Waals surface area contributed by atoms with Crippen LogP contribution in [0, 0.1) is 24.0 Å². The molecule has 1 unspecified atom stereocenters. The number of nitro groups is 1. The molecule has 1 heterocycles. The molecule has 0 bridgehead atoms. The molecule has 0 aliphatic heterocycles. The van der Waals surface area contributed by atoms with Crippen molar-refractivity contribution in [2.45, 2.75) is 26.8 Å². The number of carbonyl (C=O) groups is 1. The first kappa shape index (κ1) is 23.3. The molecule has 1 atom stereocenters. The van der Waals surface area contributed by atoms with Gasteiger partial charge in [0.05, 0.1) is 16.9 Å². The summed E-state index contributed by atoms with van der Waals surface area (Å²) in [6.45, 7) is 4.98. The van der Waals surface area contributed by atoms with E-state index < -0.39 is 26.9 Å². The quantitative estimate of drug-likeness (QED) is 0.408. The van der Waals surface area contributed by atoms with Crippen molar-refractivity contribution in [2.24, 2.45) is 0 Å². The molecule has 0 aliphatic rings. The molecule has 168 valence electrons. The number of nitrogens with one attached hydrogen (secondary N) is 1. The maximum atomic E-state index is 12.9. The average Bonchev–Trinajstić information content (AvgIpc) is 3.17. The highest BCUT2D eigenvalue weighted by Gasteiger charge is 2.31. The second-order valence-electron chi connectivity index (χ2n) is 7.23. The van der Waals surface area contributed by atoms with Gasteiger partial charge in [-0.1, -0.05) is 47.2 Å². The van der Waals surface area contributed by atoms with Crippen molar-refractivity contribution in [3.63, 3.8) is 0 Å². The van der Waals surface area contributed by atoms with Crippen LogP contribution in [0.15, 0.2) is 42.5 Å². The molecule has 0 radical (unpaired) electrons. The van der Waals surface area contributed by atoms with Gasteiger partial charge in [0.25, 0.3) is 5.69 Å². The number of rotatable bonds is 7. The van der Waals surface area contributed by atoms with E-state index in [0.717, 1.165) is 39.1 Å². The van der Waals surface area contributed by atoms with E-state index >= 15 is 0 Å². The van der Waals surface area contributed by atoms with Crippen LogP contribution in [0.3, 0.4) is 0 Å². The minimum Gasteiger partial charge on any atom is -0.299 e. The largest absolute Gasteiger partial charge is 0.299 e. The van der Waals surface area contributed by atoms with Gasteiger partial charge in [-0.15, -0.1) is 10.2 Å². The molecule has 0 spiro atoms. The Balaban J connectivity index is 1.88. The molecule has 0 saturated heterocycles. The van der Waals surface area contributed by atoms with E-state index in [-0.39, 0.29) is 16.5 Å². The van der Waals surface area contributed by atoms with Crippen molar-refractivity contribution in [1.29, 1.82) is 0 Å². The topological polar surface area (TPSA) is 135 Å². The van der Waals surface area contributed by atoms with E-state index in [1.54, 1.807) is 6.92 Å². The van der Waals surface area contributed by atoms with Gasteiger partial charge < -0.3 is 0 Å². The highest BCUT2D eigenvalue weighted by atomic mass is 32.2. The monoisotopic (exact) mass is 475 g/mol. The summed E-state index contributed by atoms with van der Waals surface area (Å²) < 4.78 is 25.9. The van der Waals surface area contributed by atoms with Crippen molar-refractivity contribution in [3.05, 3.63) is 63.7 Å². The maximum absolute atomic E-state index is 12.9. The van der Waals surface area contributed by atoms with Gasteiger partial charge in [0.2, 0.25) is 21.1 Å². The molecule has 0 saturated carbocycles. The Hall–Kier alpha value is -3.38. The lowest BCUT2D eigenvalue weighted by Crippen LogP contribution is -2.45. The first-order chi connectivity index (χ1) is 15.0. The predicted octanol–water partition coefficient (Wildman–Crippen LogP) is 3.52. The van der Waals surface area contributed by atoms with Crippen molar-refractivity contribution in [2.75, 3.05) is 15.9 Å². The Morgan fingerprint density at radius 1 is 1.16 bits per heavy atom. The number of carbonyl (C=O) groups excluding carboxylic acids is 1. The molecule has 3 aromatic rings. The Morgan fingerprint density at radius 2 is 1.81 bits per heavy atom. The van der Waals surface area contributed by atoms with E-state index in [0.29, 0.717) is 10.6 Å². The molecule has 3 rings (SSSR count). The van der Waals surface area contributed by atoms with Gasteiger partial charge in [0.15, 0.2) is 0 Å². The van der Waals surface area contributed by atoms with Crippen LogP contribution in [0.5, 0.6) is 0 Å². The van der Waals surface area contributed by atoms with Crippen LogP contribution in [0.1, 0.15) is 18.1 Å². The lowest BCUT2D eigenvalue weighted by atomic mass is 10.1. The van der Waals surface area contributed by atoms with Gasteiger partial charge in [-0.05, 0) is 26.3 Å². The fourth-order valence-corrected chi connectivity index (χ4v) is 5.00. The smallest absolute Gasteiger partial charge is 0.271 e. The van der Waals surface area contributed by atoms with Gasteiger partial charge in [-0.2, -0.15) is 0 Å². The van der Waals surface area contributed by atoms with E-state index in [9.17, 15) is 23.3 Å². The maximum Gasteiger partial charge on any atom is 0.271 e. The molecule has 10 nitrogen and oxygen atoms in total. The van der Waals surface area contributed by atoms with Crippen LogP contribution in [0.4, 0.5) is 16.5 Å². The number of amides is 1. The molecule has 0 aliphatic carbocycles. The second-order valence-corrected chi connectivity index (χ2v) is 10.1. The Kier molecular flexibility index (Phi) is 6.55. The van der Waals surface area contributed by atoms with Crippen molar-refractivity contribution in [3.8, 4) is 10.6 Å². The van der Waals surface area contributed by atoms with Crippen molar-refractivity contribution >= 4 is 43.8 Å². The Bertz CT molecular complexity index is 1270. The average molecular weight is 476 g/mol. The van der Waals surface area contributed by atoms with Gasteiger partial charge in [0, 0.05) is 17.7 Å². The number of aromatic nitrogens is 2. The van der Waals surface area contributed by atoms with Gasteiger partial charge in [-0.25, -0.2) is 8.42 Å². The number of anilines is 2. The number of sulfonamides is 1. The van der Waals surface area contributed by atoms with Gasteiger partial charge >= 0.3 is 0 Å². The molecular weight excluding hydrogens is 454 g/mol.